The van der Waals surface area contributed by atoms with Gasteiger partial charge in [-0.2, -0.15) is 5.26 Å². The number of rotatable bonds is 5. The molecule has 3 nitrogen and oxygen atoms in total. The Balaban J connectivity index is 2.41. The lowest BCUT2D eigenvalue weighted by atomic mass is 9.82. The highest BCUT2D eigenvalue weighted by Crippen LogP contribution is 2.36. The van der Waals surface area contributed by atoms with Crippen molar-refractivity contribution in [2.45, 2.75) is 52.0 Å². The quantitative estimate of drug-likeness (QED) is 0.777. The van der Waals surface area contributed by atoms with E-state index in [1.807, 2.05) is 6.92 Å². The van der Waals surface area contributed by atoms with Crippen LogP contribution in [0, 0.1) is 16.7 Å². The summed E-state index contributed by atoms with van der Waals surface area (Å²) in [7, 11) is 0. The van der Waals surface area contributed by atoms with E-state index in [4.69, 9.17) is 11.0 Å². The van der Waals surface area contributed by atoms with Crippen LogP contribution in [0.5, 0.6) is 0 Å². The molecule has 16 heavy (non-hydrogen) atoms. The van der Waals surface area contributed by atoms with Gasteiger partial charge in [-0.1, -0.05) is 13.8 Å². The molecule has 0 aromatic carbocycles. The Morgan fingerprint density at radius 2 is 2.06 bits per heavy atom. The molecule has 1 atom stereocenters. The summed E-state index contributed by atoms with van der Waals surface area (Å²) in [5, 5.41) is 8.87. The highest BCUT2D eigenvalue weighted by molar-refractivity contribution is 5.01. The number of hydrogen-bond acceptors (Lipinski definition) is 3. The summed E-state index contributed by atoms with van der Waals surface area (Å²) in [4.78, 5) is 2.47. The molecular formula is C13H25N3. The number of nitrogens with zero attached hydrogens (tertiary/aromatic N) is 2. The van der Waals surface area contributed by atoms with E-state index in [2.05, 4.69) is 24.8 Å². The molecule has 0 saturated carbocycles. The largest absolute Gasteiger partial charge is 0.314 e. The van der Waals surface area contributed by atoms with Gasteiger partial charge in [0.1, 0.15) is 5.54 Å². The molecule has 1 fully saturated rings. The predicted molar refractivity (Wildman–Crippen MR) is 66.9 cm³/mol. The van der Waals surface area contributed by atoms with Crippen LogP contribution in [0.2, 0.25) is 0 Å². The molecule has 92 valence electrons. The molecule has 1 heterocycles. The van der Waals surface area contributed by atoms with Crippen molar-refractivity contribution in [3.05, 3.63) is 0 Å². The van der Waals surface area contributed by atoms with Crippen LogP contribution in [0.15, 0.2) is 0 Å². The van der Waals surface area contributed by atoms with Crippen molar-refractivity contribution in [2.75, 3.05) is 19.6 Å². The maximum Gasteiger partial charge on any atom is 0.102 e. The van der Waals surface area contributed by atoms with Crippen LogP contribution in [0.3, 0.4) is 0 Å². The smallest absolute Gasteiger partial charge is 0.102 e. The van der Waals surface area contributed by atoms with Gasteiger partial charge < -0.3 is 10.6 Å². The van der Waals surface area contributed by atoms with E-state index in [0.29, 0.717) is 5.41 Å². The normalized spacial score (nSPS) is 23.9. The third kappa shape index (κ3) is 3.20. The summed E-state index contributed by atoms with van der Waals surface area (Å²) < 4.78 is 0. The van der Waals surface area contributed by atoms with Gasteiger partial charge in [-0.15, -0.1) is 0 Å². The average molecular weight is 223 g/mol. The van der Waals surface area contributed by atoms with Gasteiger partial charge in [0.05, 0.1) is 6.07 Å². The second-order valence-electron chi connectivity index (χ2n) is 5.51. The van der Waals surface area contributed by atoms with Gasteiger partial charge in [-0.3, -0.25) is 0 Å². The molecule has 1 unspecified atom stereocenters. The first-order chi connectivity index (χ1) is 7.47. The SMILES string of the molecule is CCC1(CC)CCN(CCC(C)(N)C#N)C1. The van der Waals surface area contributed by atoms with Crippen molar-refractivity contribution in [3.63, 3.8) is 0 Å². The van der Waals surface area contributed by atoms with Gasteiger partial charge in [0.25, 0.3) is 0 Å². The highest BCUT2D eigenvalue weighted by atomic mass is 15.2. The Kier molecular flexibility index (Phi) is 4.35. The number of nitriles is 1. The van der Waals surface area contributed by atoms with Crippen LogP contribution >= 0.6 is 0 Å². The third-order valence-corrected chi connectivity index (χ3v) is 4.22. The fourth-order valence-electron chi connectivity index (χ4n) is 2.49. The van der Waals surface area contributed by atoms with E-state index >= 15 is 0 Å². The van der Waals surface area contributed by atoms with Crippen LogP contribution in [0.25, 0.3) is 0 Å². The van der Waals surface area contributed by atoms with E-state index in [9.17, 15) is 0 Å². The lowest BCUT2D eigenvalue weighted by Gasteiger charge is -2.27. The topological polar surface area (TPSA) is 53.0 Å². The lowest BCUT2D eigenvalue weighted by molar-refractivity contribution is 0.232. The minimum Gasteiger partial charge on any atom is -0.314 e. The number of nitrogens with two attached hydrogens (primary N) is 1. The van der Waals surface area contributed by atoms with Crippen LogP contribution in [-0.4, -0.2) is 30.1 Å². The molecule has 0 bridgehead atoms. The molecule has 3 heteroatoms. The highest BCUT2D eigenvalue weighted by Gasteiger charge is 2.35. The van der Waals surface area contributed by atoms with Gasteiger partial charge in [-0.05, 0) is 44.6 Å². The van der Waals surface area contributed by atoms with E-state index in [0.717, 1.165) is 13.0 Å². The Hall–Kier alpha value is -0.590. The summed E-state index contributed by atoms with van der Waals surface area (Å²) in [5.74, 6) is 0. The van der Waals surface area contributed by atoms with Gasteiger partial charge in [0.15, 0.2) is 0 Å². The fourth-order valence-corrected chi connectivity index (χ4v) is 2.49. The maximum atomic E-state index is 8.87. The Labute approximate surface area is 99.6 Å². The zero-order chi connectivity index (χ0) is 12.2. The first kappa shape index (κ1) is 13.5. The summed E-state index contributed by atoms with van der Waals surface area (Å²) >= 11 is 0. The second kappa shape index (κ2) is 5.16. The molecule has 0 aromatic rings. The first-order valence-corrected chi connectivity index (χ1v) is 6.39. The maximum absolute atomic E-state index is 8.87. The Bertz CT molecular complexity index is 261. The fraction of sp³-hybridized carbons (Fsp3) is 0.923. The molecule has 0 spiro atoms. The number of likely N-dealkylation sites (tertiary alicyclic amines) is 1. The monoisotopic (exact) mass is 223 g/mol. The van der Waals surface area contributed by atoms with Gasteiger partial charge in [0.2, 0.25) is 0 Å². The van der Waals surface area contributed by atoms with Gasteiger partial charge >= 0.3 is 0 Å². The average Bonchev–Trinajstić information content (AvgIpc) is 2.71. The van der Waals surface area contributed by atoms with Crippen LogP contribution in [0.4, 0.5) is 0 Å². The zero-order valence-electron chi connectivity index (χ0n) is 10.9. The molecule has 0 amide bonds. The zero-order valence-corrected chi connectivity index (χ0v) is 10.9. The molecule has 0 aromatic heterocycles. The summed E-state index contributed by atoms with van der Waals surface area (Å²) in [6.07, 6.45) is 4.59. The van der Waals surface area contributed by atoms with E-state index in [-0.39, 0.29) is 0 Å². The van der Waals surface area contributed by atoms with Crippen molar-refractivity contribution >= 4 is 0 Å². The molecule has 1 saturated heterocycles. The molecule has 0 radical (unpaired) electrons. The van der Waals surface area contributed by atoms with Crippen LogP contribution in [-0.2, 0) is 0 Å². The van der Waals surface area contributed by atoms with Gasteiger partial charge in [0, 0.05) is 13.1 Å². The van der Waals surface area contributed by atoms with Crippen molar-refractivity contribution in [1.82, 2.24) is 4.90 Å². The van der Waals surface area contributed by atoms with Crippen molar-refractivity contribution in [2.24, 2.45) is 11.1 Å². The van der Waals surface area contributed by atoms with Crippen molar-refractivity contribution < 1.29 is 0 Å². The third-order valence-electron chi connectivity index (χ3n) is 4.22. The minimum absolute atomic E-state index is 0.525. The van der Waals surface area contributed by atoms with E-state index < -0.39 is 5.54 Å². The minimum atomic E-state index is -0.663. The van der Waals surface area contributed by atoms with Crippen molar-refractivity contribution in [1.29, 1.82) is 5.26 Å². The molecule has 2 N–H and O–H groups in total. The summed E-state index contributed by atoms with van der Waals surface area (Å²) in [6.45, 7) is 9.70. The first-order valence-electron chi connectivity index (χ1n) is 6.39. The summed E-state index contributed by atoms with van der Waals surface area (Å²) in [5.41, 5.74) is 5.70. The van der Waals surface area contributed by atoms with E-state index in [1.165, 1.54) is 32.4 Å². The van der Waals surface area contributed by atoms with Crippen molar-refractivity contribution in [3.8, 4) is 6.07 Å². The van der Waals surface area contributed by atoms with Crippen LogP contribution in [0.1, 0.15) is 46.5 Å². The predicted octanol–water partition coefficient (Wildman–Crippen LogP) is 2.13. The molecule has 1 aliphatic heterocycles. The molecule has 1 aliphatic rings. The summed E-state index contributed by atoms with van der Waals surface area (Å²) in [6, 6.07) is 2.17. The standard InChI is InChI=1S/C13H25N3/c1-4-13(5-2)7-9-16(11-13)8-6-12(3,15)10-14/h4-9,11,15H2,1-3H3. The molecular weight excluding hydrogens is 198 g/mol. The molecule has 1 rings (SSSR count). The Morgan fingerprint density at radius 1 is 1.44 bits per heavy atom. The Morgan fingerprint density at radius 3 is 2.50 bits per heavy atom. The second-order valence-corrected chi connectivity index (χ2v) is 5.51. The number of hydrogen-bond donors (Lipinski definition) is 1. The van der Waals surface area contributed by atoms with E-state index in [1.54, 1.807) is 0 Å². The molecule has 0 aliphatic carbocycles. The van der Waals surface area contributed by atoms with Gasteiger partial charge in [-0.25, -0.2) is 0 Å². The lowest BCUT2D eigenvalue weighted by Crippen LogP contribution is -2.39. The van der Waals surface area contributed by atoms with Crippen LogP contribution < -0.4 is 5.73 Å².